The largest absolute Gasteiger partial charge is 0.470 e. The predicted molar refractivity (Wildman–Crippen MR) is 247 cm³/mol. The number of ether oxygens (including phenoxy) is 3. The van der Waals surface area contributed by atoms with Gasteiger partial charge in [0.15, 0.2) is 12.3 Å². The highest BCUT2D eigenvalue weighted by Gasteiger charge is 2.53. The molecule has 384 valence electrons. The van der Waals surface area contributed by atoms with E-state index in [-0.39, 0.29) is 12.8 Å². The SMILES string of the molecule is CCCCCCCCCCCCCC(=O)O[C@H](CCCCCCCCCCC)CC(=O)O[C@@H]1[C@@H](O)[C@H](OP(=O)(O)O)[C@@H](CO)O[C@H]1NC(=O)C(F)(F)[C@H](O)CCCCCCCCCCC. The predicted octanol–water partition coefficient (Wildman–Crippen LogP) is 10.4. The number of unbranched alkanes of at least 4 members (excludes halogenated alkanes) is 26. The average Bonchev–Trinajstić information content (AvgIpc) is 3.25. The number of nitrogens with one attached hydrogen (secondary N) is 1. The van der Waals surface area contributed by atoms with E-state index < -0.39 is 93.9 Å². The fraction of sp³-hybridized carbons (Fsp3) is 0.938. The molecule has 1 saturated heterocycles. The van der Waals surface area contributed by atoms with Crippen LogP contribution in [0.2, 0.25) is 0 Å². The third kappa shape index (κ3) is 29.0. The van der Waals surface area contributed by atoms with Gasteiger partial charge in [0.2, 0.25) is 0 Å². The second-order valence-electron chi connectivity index (χ2n) is 18.2. The number of halogens is 2. The van der Waals surface area contributed by atoms with Crippen LogP contribution < -0.4 is 5.32 Å². The lowest BCUT2D eigenvalue weighted by atomic mass is 9.97. The standard InChI is InChI=1S/C48H90F2NO13P/c1-4-7-10-13-16-19-20-23-26-29-32-35-41(54)61-38(33-30-27-24-21-17-14-11-8-5-2)36-42(55)63-45-43(56)44(64-65(58,59)60)39(37-52)62-46(45)51-47(57)48(49,50)40(53)34-31-28-25-22-18-15-12-9-6-3/h38-40,43-46,52-53,56H,4-37H2,1-3H3,(H,51,57)(H2,58,59,60)/t38-,39-,40-,43+,44-,45-,46-/m1/s1. The quantitative estimate of drug-likeness (QED) is 0.0191. The Hall–Kier alpha value is -1.78. The van der Waals surface area contributed by atoms with Crippen molar-refractivity contribution in [3.8, 4) is 0 Å². The summed E-state index contributed by atoms with van der Waals surface area (Å²) in [6.07, 6.45) is 15.5. The van der Waals surface area contributed by atoms with Crippen molar-refractivity contribution in [3.05, 3.63) is 0 Å². The molecule has 0 aliphatic carbocycles. The van der Waals surface area contributed by atoms with E-state index in [9.17, 15) is 44.1 Å². The Balaban J connectivity index is 3.02. The van der Waals surface area contributed by atoms with Gasteiger partial charge in [0.1, 0.15) is 30.5 Å². The number of hydrogen-bond donors (Lipinski definition) is 6. The number of phosphoric ester groups is 1. The molecular formula is C48H90F2NO13P. The monoisotopic (exact) mass is 958 g/mol. The lowest BCUT2D eigenvalue weighted by molar-refractivity contribution is -0.244. The maximum atomic E-state index is 15.4. The molecule has 1 aliphatic rings. The van der Waals surface area contributed by atoms with Gasteiger partial charge in [-0.2, -0.15) is 8.78 Å². The van der Waals surface area contributed by atoms with Gasteiger partial charge in [-0.25, -0.2) is 4.57 Å². The Kier molecular flexibility index (Phi) is 35.0. The fourth-order valence-electron chi connectivity index (χ4n) is 8.27. The molecule has 0 bridgehead atoms. The first-order valence-corrected chi connectivity index (χ1v) is 27.1. The molecule has 7 atom stereocenters. The minimum absolute atomic E-state index is 0.146. The minimum Gasteiger partial charge on any atom is -0.462 e. The minimum atomic E-state index is -5.38. The van der Waals surface area contributed by atoms with Crippen molar-refractivity contribution in [1.82, 2.24) is 5.32 Å². The molecule has 1 amide bonds. The van der Waals surface area contributed by atoms with Gasteiger partial charge >= 0.3 is 25.7 Å². The molecule has 1 rings (SSSR count). The highest BCUT2D eigenvalue weighted by atomic mass is 31.2. The number of aliphatic hydroxyl groups excluding tert-OH is 3. The molecule has 1 aliphatic heterocycles. The van der Waals surface area contributed by atoms with Crippen LogP contribution in [0.5, 0.6) is 0 Å². The van der Waals surface area contributed by atoms with E-state index in [0.29, 0.717) is 25.7 Å². The van der Waals surface area contributed by atoms with Gasteiger partial charge in [0.25, 0.3) is 5.91 Å². The summed E-state index contributed by atoms with van der Waals surface area (Å²) in [5.41, 5.74) is 0. The number of carbonyl (C=O) groups is 3. The number of rotatable bonds is 42. The zero-order valence-corrected chi connectivity index (χ0v) is 41.2. The molecule has 6 N–H and O–H groups in total. The van der Waals surface area contributed by atoms with Crippen molar-refractivity contribution >= 4 is 25.7 Å². The summed E-state index contributed by atoms with van der Waals surface area (Å²) in [7, 11) is -5.38. The van der Waals surface area contributed by atoms with Crippen LogP contribution in [-0.2, 0) is 37.7 Å². The van der Waals surface area contributed by atoms with Crippen molar-refractivity contribution < 1.29 is 71.6 Å². The number of aliphatic hydroxyl groups is 3. The highest BCUT2D eigenvalue weighted by Crippen LogP contribution is 2.42. The lowest BCUT2D eigenvalue weighted by Gasteiger charge is -2.43. The molecule has 0 spiro atoms. The average molecular weight is 958 g/mol. The molecule has 0 aromatic rings. The molecule has 0 unspecified atom stereocenters. The molecule has 0 radical (unpaired) electrons. The third-order valence-corrected chi connectivity index (χ3v) is 12.8. The normalized spacial score (nSPS) is 20.1. The van der Waals surface area contributed by atoms with Crippen LogP contribution in [0.4, 0.5) is 8.78 Å². The van der Waals surface area contributed by atoms with Crippen LogP contribution in [0.1, 0.15) is 233 Å². The van der Waals surface area contributed by atoms with Crippen molar-refractivity contribution in [2.75, 3.05) is 6.61 Å². The van der Waals surface area contributed by atoms with Crippen molar-refractivity contribution in [2.45, 2.75) is 281 Å². The first kappa shape index (κ1) is 61.2. The summed E-state index contributed by atoms with van der Waals surface area (Å²) < 4.78 is 64.0. The van der Waals surface area contributed by atoms with Crippen LogP contribution in [0.3, 0.4) is 0 Å². The first-order chi connectivity index (χ1) is 31.1. The zero-order valence-electron chi connectivity index (χ0n) is 40.3. The van der Waals surface area contributed by atoms with Gasteiger partial charge in [-0.05, 0) is 25.7 Å². The van der Waals surface area contributed by atoms with Gasteiger partial charge in [-0.3, -0.25) is 18.9 Å². The molecule has 65 heavy (non-hydrogen) atoms. The molecule has 14 nitrogen and oxygen atoms in total. The smallest absolute Gasteiger partial charge is 0.462 e. The lowest BCUT2D eigenvalue weighted by Crippen LogP contribution is -2.66. The summed E-state index contributed by atoms with van der Waals surface area (Å²) in [6.45, 7) is 5.44. The summed E-state index contributed by atoms with van der Waals surface area (Å²) in [6, 6.07) is 0. The molecule has 0 aromatic carbocycles. The third-order valence-electron chi connectivity index (χ3n) is 12.2. The fourth-order valence-corrected chi connectivity index (χ4v) is 8.85. The van der Waals surface area contributed by atoms with Gasteiger partial charge in [-0.15, -0.1) is 0 Å². The Labute approximate surface area is 389 Å². The molecule has 1 fully saturated rings. The van der Waals surface area contributed by atoms with E-state index in [1.807, 2.05) is 5.32 Å². The van der Waals surface area contributed by atoms with E-state index >= 15 is 8.78 Å². The molecule has 0 aromatic heterocycles. The molecular weight excluding hydrogens is 867 g/mol. The Morgan fingerprint density at radius 2 is 1.06 bits per heavy atom. The second-order valence-corrected chi connectivity index (χ2v) is 19.4. The second kappa shape index (κ2) is 37.2. The molecule has 1 heterocycles. The maximum Gasteiger partial charge on any atom is 0.470 e. The molecule has 0 saturated carbocycles. The van der Waals surface area contributed by atoms with Crippen LogP contribution in [0, 0.1) is 0 Å². The van der Waals surface area contributed by atoms with Gasteiger partial charge in [-0.1, -0.05) is 194 Å². The summed E-state index contributed by atoms with van der Waals surface area (Å²) in [5.74, 6) is -7.97. The van der Waals surface area contributed by atoms with Gasteiger partial charge < -0.3 is 44.6 Å². The van der Waals surface area contributed by atoms with Crippen LogP contribution in [0.25, 0.3) is 0 Å². The van der Waals surface area contributed by atoms with E-state index in [1.165, 1.54) is 51.4 Å². The maximum absolute atomic E-state index is 15.4. The van der Waals surface area contributed by atoms with Crippen molar-refractivity contribution in [1.29, 1.82) is 0 Å². The van der Waals surface area contributed by atoms with Crippen molar-refractivity contribution in [3.63, 3.8) is 0 Å². The van der Waals surface area contributed by atoms with Gasteiger partial charge in [0.05, 0.1) is 13.0 Å². The summed E-state index contributed by atoms with van der Waals surface area (Å²) >= 11 is 0. The highest BCUT2D eigenvalue weighted by molar-refractivity contribution is 7.46. The number of alkyl halides is 2. The number of carbonyl (C=O) groups excluding carboxylic acids is 3. The number of phosphoric acid groups is 1. The first-order valence-electron chi connectivity index (χ1n) is 25.5. The van der Waals surface area contributed by atoms with E-state index in [4.69, 9.17) is 14.2 Å². The topological polar surface area (TPSA) is 218 Å². The number of amides is 1. The van der Waals surface area contributed by atoms with Crippen molar-refractivity contribution in [2.24, 2.45) is 0 Å². The summed E-state index contributed by atoms with van der Waals surface area (Å²) in [4.78, 5) is 58.8. The van der Waals surface area contributed by atoms with Crippen LogP contribution >= 0.6 is 7.82 Å². The number of hydrogen-bond acceptors (Lipinski definition) is 11. The molecule has 17 heteroatoms. The van der Waals surface area contributed by atoms with Gasteiger partial charge in [0, 0.05) is 6.42 Å². The van der Waals surface area contributed by atoms with Crippen LogP contribution in [-0.4, -0.2) is 98.3 Å². The number of esters is 2. The van der Waals surface area contributed by atoms with E-state index in [1.54, 1.807) is 0 Å². The Morgan fingerprint density at radius 1 is 0.646 bits per heavy atom. The Bertz CT molecular complexity index is 1280. The van der Waals surface area contributed by atoms with E-state index in [2.05, 4.69) is 25.3 Å². The summed E-state index contributed by atoms with van der Waals surface area (Å²) in [5, 5.41) is 33.5. The van der Waals surface area contributed by atoms with E-state index in [0.717, 1.165) is 109 Å². The van der Waals surface area contributed by atoms with Crippen LogP contribution in [0.15, 0.2) is 0 Å². The Morgan fingerprint density at radius 3 is 1.49 bits per heavy atom. The zero-order chi connectivity index (χ0) is 48.4.